The van der Waals surface area contributed by atoms with Crippen LogP contribution < -0.4 is 0 Å². The molecule has 0 bridgehead atoms. The molecular weight excluding hydrogens is 268 g/mol. The van der Waals surface area contributed by atoms with E-state index in [1.165, 1.54) is 42.4 Å². The molecule has 2 nitrogen and oxygen atoms in total. The topological polar surface area (TPSA) is 25.8 Å². The number of nitrogens with zero attached hydrogens (tertiary/aromatic N) is 2. The number of aromatic nitrogens is 2. The van der Waals surface area contributed by atoms with Crippen molar-refractivity contribution in [3.63, 3.8) is 0 Å². The molecule has 1 fully saturated rings. The van der Waals surface area contributed by atoms with Crippen molar-refractivity contribution in [3.8, 4) is 11.3 Å². The summed E-state index contributed by atoms with van der Waals surface area (Å²) in [7, 11) is 0. The van der Waals surface area contributed by atoms with E-state index in [1.807, 2.05) is 12.1 Å². The van der Waals surface area contributed by atoms with E-state index in [-0.39, 0.29) is 0 Å². The Kier molecular flexibility index (Phi) is 3.38. The van der Waals surface area contributed by atoms with Crippen molar-refractivity contribution >= 4 is 10.9 Å². The molecule has 1 aromatic heterocycles. The molecule has 0 unspecified atom stereocenters. The molecule has 22 heavy (non-hydrogen) atoms. The summed E-state index contributed by atoms with van der Waals surface area (Å²) in [5, 5.41) is 1.13. The van der Waals surface area contributed by atoms with Gasteiger partial charge in [-0.1, -0.05) is 42.7 Å². The van der Waals surface area contributed by atoms with Crippen molar-refractivity contribution in [2.24, 2.45) is 0 Å². The van der Waals surface area contributed by atoms with Crippen molar-refractivity contribution < 1.29 is 0 Å². The van der Waals surface area contributed by atoms with E-state index < -0.39 is 0 Å². The number of aryl methyl sites for hydroxylation is 1. The molecule has 3 aromatic rings. The van der Waals surface area contributed by atoms with Gasteiger partial charge in [0.1, 0.15) is 6.33 Å². The zero-order valence-corrected chi connectivity index (χ0v) is 12.9. The van der Waals surface area contributed by atoms with Crippen LogP contribution >= 0.6 is 0 Å². The molecule has 0 amide bonds. The first-order valence-electron chi connectivity index (χ1n) is 8.13. The maximum absolute atomic E-state index is 4.57. The molecule has 0 saturated heterocycles. The van der Waals surface area contributed by atoms with Crippen LogP contribution in [0.25, 0.3) is 22.2 Å². The zero-order chi connectivity index (χ0) is 14.9. The Bertz CT molecular complexity index is 812. The molecule has 0 radical (unpaired) electrons. The summed E-state index contributed by atoms with van der Waals surface area (Å²) >= 11 is 0. The van der Waals surface area contributed by atoms with Gasteiger partial charge in [-0.2, -0.15) is 0 Å². The molecule has 4 rings (SSSR count). The number of rotatable bonds is 2. The van der Waals surface area contributed by atoms with Crippen LogP contribution in [0.1, 0.15) is 42.7 Å². The SMILES string of the molecule is Cc1cc(-c2ncnc3ccccc23)cc(C2CCCC2)c1. The lowest BCUT2D eigenvalue weighted by Crippen LogP contribution is -1.96. The molecule has 2 aromatic carbocycles. The first-order valence-corrected chi connectivity index (χ1v) is 8.13. The average Bonchev–Trinajstić information content (AvgIpc) is 3.08. The normalized spacial score (nSPS) is 15.5. The highest BCUT2D eigenvalue weighted by Gasteiger charge is 2.18. The Labute approximate surface area is 131 Å². The fraction of sp³-hybridized carbons (Fsp3) is 0.300. The average molecular weight is 288 g/mol. The van der Waals surface area contributed by atoms with Gasteiger partial charge < -0.3 is 0 Å². The molecule has 2 heteroatoms. The van der Waals surface area contributed by atoms with Crippen LogP contribution in [0.5, 0.6) is 0 Å². The summed E-state index contributed by atoms with van der Waals surface area (Å²) < 4.78 is 0. The van der Waals surface area contributed by atoms with E-state index in [9.17, 15) is 0 Å². The largest absolute Gasteiger partial charge is 0.236 e. The van der Waals surface area contributed by atoms with Crippen molar-refractivity contribution in [3.05, 3.63) is 59.9 Å². The highest BCUT2D eigenvalue weighted by Crippen LogP contribution is 2.36. The Morgan fingerprint density at radius 3 is 2.64 bits per heavy atom. The molecule has 0 spiro atoms. The number of benzene rings is 2. The van der Waals surface area contributed by atoms with Crippen LogP contribution in [-0.2, 0) is 0 Å². The summed E-state index contributed by atoms with van der Waals surface area (Å²) in [5.41, 5.74) is 6.09. The van der Waals surface area contributed by atoms with Crippen molar-refractivity contribution in [1.82, 2.24) is 9.97 Å². The molecule has 0 aliphatic heterocycles. The highest BCUT2D eigenvalue weighted by molar-refractivity contribution is 5.92. The zero-order valence-electron chi connectivity index (χ0n) is 12.9. The van der Waals surface area contributed by atoms with Crippen LogP contribution in [0.15, 0.2) is 48.8 Å². The molecule has 1 aliphatic carbocycles. The Balaban J connectivity index is 1.87. The van der Waals surface area contributed by atoms with Crippen molar-refractivity contribution in [1.29, 1.82) is 0 Å². The molecular formula is C20H20N2. The minimum Gasteiger partial charge on any atom is -0.236 e. The van der Waals surface area contributed by atoms with Gasteiger partial charge in [0, 0.05) is 10.9 Å². The van der Waals surface area contributed by atoms with Gasteiger partial charge in [0.15, 0.2) is 0 Å². The molecule has 1 saturated carbocycles. The van der Waals surface area contributed by atoms with E-state index in [4.69, 9.17) is 0 Å². The summed E-state index contributed by atoms with van der Waals surface area (Å²) in [5.74, 6) is 0.728. The second kappa shape index (κ2) is 5.53. The van der Waals surface area contributed by atoms with Crippen LogP contribution in [-0.4, -0.2) is 9.97 Å². The van der Waals surface area contributed by atoms with Crippen LogP contribution in [0, 0.1) is 6.92 Å². The lowest BCUT2D eigenvalue weighted by Gasteiger charge is -2.13. The first kappa shape index (κ1) is 13.4. The smallest absolute Gasteiger partial charge is 0.116 e. The highest BCUT2D eigenvalue weighted by atomic mass is 14.8. The van der Waals surface area contributed by atoms with Gasteiger partial charge in [-0.3, -0.25) is 0 Å². The Morgan fingerprint density at radius 1 is 0.955 bits per heavy atom. The van der Waals surface area contributed by atoms with Gasteiger partial charge in [-0.05, 0) is 49.4 Å². The predicted octanol–water partition coefficient (Wildman–Crippen LogP) is 5.26. The third-order valence-corrected chi connectivity index (χ3v) is 4.74. The van der Waals surface area contributed by atoms with Gasteiger partial charge in [0.25, 0.3) is 0 Å². The summed E-state index contributed by atoms with van der Waals surface area (Å²) in [4.78, 5) is 8.95. The maximum atomic E-state index is 4.57. The summed E-state index contributed by atoms with van der Waals surface area (Å²) in [6.45, 7) is 2.19. The van der Waals surface area contributed by atoms with Gasteiger partial charge in [0.2, 0.25) is 0 Å². The van der Waals surface area contributed by atoms with Gasteiger partial charge >= 0.3 is 0 Å². The lowest BCUT2D eigenvalue weighted by molar-refractivity contribution is 0.723. The van der Waals surface area contributed by atoms with E-state index in [0.29, 0.717) is 0 Å². The molecule has 0 atom stereocenters. The molecule has 110 valence electrons. The molecule has 1 heterocycles. The van der Waals surface area contributed by atoms with Crippen LogP contribution in [0.3, 0.4) is 0 Å². The third-order valence-electron chi connectivity index (χ3n) is 4.74. The Hall–Kier alpha value is -2.22. The fourth-order valence-corrected chi connectivity index (χ4v) is 3.68. The number of hydrogen-bond donors (Lipinski definition) is 0. The summed E-state index contributed by atoms with van der Waals surface area (Å²) in [6, 6.07) is 15.2. The number of hydrogen-bond acceptors (Lipinski definition) is 2. The minimum absolute atomic E-state index is 0.728. The number of para-hydroxylation sites is 1. The third kappa shape index (κ3) is 2.39. The van der Waals surface area contributed by atoms with Gasteiger partial charge in [-0.25, -0.2) is 9.97 Å². The minimum atomic E-state index is 0.728. The monoisotopic (exact) mass is 288 g/mol. The molecule has 0 N–H and O–H groups in total. The first-order chi connectivity index (χ1) is 10.8. The molecule has 1 aliphatic rings. The second-order valence-corrected chi connectivity index (χ2v) is 6.35. The lowest BCUT2D eigenvalue weighted by atomic mass is 9.92. The second-order valence-electron chi connectivity index (χ2n) is 6.35. The van der Waals surface area contributed by atoms with Gasteiger partial charge in [-0.15, -0.1) is 0 Å². The maximum Gasteiger partial charge on any atom is 0.116 e. The van der Waals surface area contributed by atoms with Crippen LogP contribution in [0.2, 0.25) is 0 Å². The predicted molar refractivity (Wildman–Crippen MR) is 90.9 cm³/mol. The number of fused-ring (bicyclic) bond motifs is 1. The van der Waals surface area contributed by atoms with E-state index >= 15 is 0 Å². The van der Waals surface area contributed by atoms with E-state index in [1.54, 1.807) is 6.33 Å². The van der Waals surface area contributed by atoms with Crippen LogP contribution in [0.4, 0.5) is 0 Å². The van der Waals surface area contributed by atoms with E-state index in [2.05, 4.69) is 47.2 Å². The van der Waals surface area contributed by atoms with Gasteiger partial charge in [0.05, 0.1) is 11.2 Å². The van der Waals surface area contributed by atoms with E-state index in [0.717, 1.165) is 22.5 Å². The quantitative estimate of drug-likeness (QED) is 0.642. The fourth-order valence-electron chi connectivity index (χ4n) is 3.68. The Morgan fingerprint density at radius 2 is 1.77 bits per heavy atom. The van der Waals surface area contributed by atoms with Crippen molar-refractivity contribution in [2.75, 3.05) is 0 Å². The standard InChI is InChI=1S/C20H20N2/c1-14-10-16(15-6-2-3-7-15)12-17(11-14)20-18-8-4-5-9-19(18)21-13-22-20/h4-5,8-13,15H,2-3,6-7H2,1H3. The summed E-state index contributed by atoms with van der Waals surface area (Å²) in [6.07, 6.45) is 7.06. The van der Waals surface area contributed by atoms with Crippen molar-refractivity contribution in [2.45, 2.75) is 38.5 Å².